The molecule has 0 unspecified atom stereocenters. The zero-order valence-electron chi connectivity index (χ0n) is 10.6. The molecule has 2 rings (SSSR count). The van der Waals surface area contributed by atoms with Crippen molar-refractivity contribution in [2.24, 2.45) is 0 Å². The van der Waals surface area contributed by atoms with Crippen molar-refractivity contribution in [3.63, 3.8) is 0 Å². The summed E-state index contributed by atoms with van der Waals surface area (Å²) in [5.74, 6) is -0.216. The molecule has 1 aliphatic heterocycles. The summed E-state index contributed by atoms with van der Waals surface area (Å²) in [5.41, 5.74) is -0.247. The lowest BCUT2D eigenvalue weighted by Gasteiger charge is -2.27. The molecule has 4 nitrogen and oxygen atoms in total. The molecule has 8 heteroatoms. The highest BCUT2D eigenvalue weighted by molar-refractivity contribution is 6.30. The topological polar surface area (TPSA) is 42.4 Å². The fourth-order valence-corrected chi connectivity index (χ4v) is 2.20. The van der Waals surface area contributed by atoms with Crippen LogP contribution in [0.1, 0.15) is 16.8 Å². The number of hydrogen-bond acceptors (Lipinski definition) is 3. The van der Waals surface area contributed by atoms with Gasteiger partial charge in [0, 0.05) is 18.7 Å². The van der Waals surface area contributed by atoms with Crippen molar-refractivity contribution in [2.75, 3.05) is 19.8 Å². The van der Waals surface area contributed by atoms with E-state index in [-0.39, 0.29) is 24.2 Å². The number of alkyl halides is 3. The van der Waals surface area contributed by atoms with E-state index in [4.69, 9.17) is 16.3 Å². The lowest BCUT2D eigenvalue weighted by atomic mass is 10.1. The summed E-state index contributed by atoms with van der Waals surface area (Å²) >= 11 is 5.83. The minimum atomic E-state index is -4.54. The standard InChI is InChI=1S/C12H12ClF3N2O2/c1-7-4-9(12(14,15)16)17-11(13)8(7)5-18-2-3-20-6-10(18)19/h4H,2-3,5-6H2,1H3. The second kappa shape index (κ2) is 5.57. The van der Waals surface area contributed by atoms with E-state index >= 15 is 0 Å². The first-order valence-electron chi connectivity index (χ1n) is 5.88. The van der Waals surface area contributed by atoms with Gasteiger partial charge in [-0.2, -0.15) is 13.2 Å². The molecule has 1 aromatic heterocycles. The lowest BCUT2D eigenvalue weighted by Crippen LogP contribution is -2.41. The summed E-state index contributed by atoms with van der Waals surface area (Å²) in [6, 6.07) is 0.937. The summed E-state index contributed by atoms with van der Waals surface area (Å²) in [7, 11) is 0. The Morgan fingerprint density at radius 2 is 2.20 bits per heavy atom. The SMILES string of the molecule is Cc1cc(C(F)(F)F)nc(Cl)c1CN1CCOCC1=O. The molecule has 0 spiro atoms. The van der Waals surface area contributed by atoms with E-state index in [1.165, 1.54) is 11.8 Å². The number of nitrogens with zero attached hydrogens (tertiary/aromatic N) is 2. The highest BCUT2D eigenvalue weighted by atomic mass is 35.5. The molecule has 20 heavy (non-hydrogen) atoms. The molecule has 0 bridgehead atoms. The molecule has 0 N–H and O–H groups in total. The number of morpholine rings is 1. The Labute approximate surface area is 118 Å². The normalized spacial score (nSPS) is 16.6. The number of rotatable bonds is 2. The summed E-state index contributed by atoms with van der Waals surface area (Å²) in [5, 5.41) is -0.225. The second-order valence-corrected chi connectivity index (χ2v) is 4.82. The van der Waals surface area contributed by atoms with E-state index in [0.717, 1.165) is 6.07 Å². The Morgan fingerprint density at radius 3 is 2.75 bits per heavy atom. The zero-order chi connectivity index (χ0) is 14.9. The maximum atomic E-state index is 12.6. The van der Waals surface area contributed by atoms with Crippen molar-refractivity contribution < 1.29 is 22.7 Å². The summed E-state index contributed by atoms with van der Waals surface area (Å²) in [6.45, 7) is 2.41. The van der Waals surface area contributed by atoms with E-state index in [2.05, 4.69) is 4.98 Å². The van der Waals surface area contributed by atoms with Gasteiger partial charge < -0.3 is 9.64 Å². The van der Waals surface area contributed by atoms with Gasteiger partial charge in [-0.15, -0.1) is 0 Å². The van der Waals surface area contributed by atoms with Crippen LogP contribution in [0, 0.1) is 6.92 Å². The van der Waals surface area contributed by atoms with Crippen molar-refractivity contribution in [3.05, 3.63) is 28.0 Å². The van der Waals surface area contributed by atoms with Crippen molar-refractivity contribution in [1.29, 1.82) is 0 Å². The van der Waals surface area contributed by atoms with Crippen LogP contribution in [0.2, 0.25) is 5.15 Å². The molecule has 0 aromatic carbocycles. The molecule has 0 atom stereocenters. The summed E-state index contributed by atoms with van der Waals surface area (Å²) < 4.78 is 42.8. The number of hydrogen-bond donors (Lipinski definition) is 0. The molecule has 110 valence electrons. The number of aryl methyl sites for hydroxylation is 1. The van der Waals surface area contributed by atoms with Crippen molar-refractivity contribution in [1.82, 2.24) is 9.88 Å². The third-order valence-electron chi connectivity index (χ3n) is 3.02. The number of carbonyl (C=O) groups is 1. The van der Waals surface area contributed by atoms with Crippen LogP contribution in [0.3, 0.4) is 0 Å². The molecular weight excluding hydrogens is 297 g/mol. The Morgan fingerprint density at radius 1 is 1.50 bits per heavy atom. The van der Waals surface area contributed by atoms with Gasteiger partial charge in [-0.1, -0.05) is 11.6 Å². The van der Waals surface area contributed by atoms with Gasteiger partial charge in [-0.25, -0.2) is 4.98 Å². The maximum Gasteiger partial charge on any atom is 0.433 e. The van der Waals surface area contributed by atoms with E-state index in [0.29, 0.717) is 24.3 Å². The van der Waals surface area contributed by atoms with Crippen LogP contribution < -0.4 is 0 Å². The van der Waals surface area contributed by atoms with Gasteiger partial charge in [0.1, 0.15) is 17.5 Å². The van der Waals surface area contributed by atoms with Crippen LogP contribution in [0.25, 0.3) is 0 Å². The number of pyridine rings is 1. The predicted molar refractivity (Wildman–Crippen MR) is 65.2 cm³/mol. The van der Waals surface area contributed by atoms with Crippen molar-refractivity contribution in [2.45, 2.75) is 19.6 Å². The molecule has 1 aromatic rings. The Bertz CT molecular complexity index is 511. The summed E-state index contributed by atoms with van der Waals surface area (Å²) in [4.78, 5) is 16.5. The van der Waals surface area contributed by atoms with Gasteiger partial charge in [0.15, 0.2) is 0 Å². The molecule has 0 saturated carbocycles. The molecule has 1 saturated heterocycles. The van der Waals surface area contributed by atoms with Crippen molar-refractivity contribution in [3.8, 4) is 0 Å². The van der Waals surface area contributed by atoms with E-state index in [1.807, 2.05) is 0 Å². The highest BCUT2D eigenvalue weighted by Gasteiger charge is 2.34. The molecule has 2 heterocycles. The fraction of sp³-hybridized carbons (Fsp3) is 0.500. The quantitative estimate of drug-likeness (QED) is 0.788. The van der Waals surface area contributed by atoms with Crippen LogP contribution in [0.5, 0.6) is 0 Å². The smallest absolute Gasteiger partial charge is 0.370 e. The first kappa shape index (κ1) is 15.1. The molecule has 1 fully saturated rings. The molecule has 0 aliphatic carbocycles. The lowest BCUT2D eigenvalue weighted by molar-refractivity contribution is -0.143. The van der Waals surface area contributed by atoms with Crippen LogP contribution in [0.4, 0.5) is 13.2 Å². The molecule has 1 aliphatic rings. The minimum absolute atomic E-state index is 0.0231. The van der Waals surface area contributed by atoms with Gasteiger partial charge in [-0.3, -0.25) is 4.79 Å². The largest absolute Gasteiger partial charge is 0.433 e. The first-order chi connectivity index (χ1) is 9.29. The van der Waals surface area contributed by atoms with E-state index in [1.54, 1.807) is 0 Å². The average Bonchev–Trinajstić information content (AvgIpc) is 2.34. The van der Waals surface area contributed by atoms with Gasteiger partial charge >= 0.3 is 6.18 Å². The zero-order valence-corrected chi connectivity index (χ0v) is 11.4. The molecule has 1 amide bonds. The Balaban J connectivity index is 2.26. The Kier molecular flexibility index (Phi) is 4.19. The third kappa shape index (κ3) is 3.21. The summed E-state index contributed by atoms with van der Waals surface area (Å²) in [6.07, 6.45) is -4.54. The van der Waals surface area contributed by atoms with E-state index < -0.39 is 11.9 Å². The monoisotopic (exact) mass is 308 g/mol. The van der Waals surface area contributed by atoms with E-state index in [9.17, 15) is 18.0 Å². The maximum absolute atomic E-state index is 12.6. The van der Waals surface area contributed by atoms with Crippen molar-refractivity contribution >= 4 is 17.5 Å². The van der Waals surface area contributed by atoms with Gasteiger partial charge in [0.05, 0.1) is 6.61 Å². The number of amides is 1. The number of aromatic nitrogens is 1. The van der Waals surface area contributed by atoms with Crippen LogP contribution >= 0.6 is 11.6 Å². The average molecular weight is 309 g/mol. The number of halogens is 4. The molecule has 0 radical (unpaired) electrons. The predicted octanol–water partition coefficient (Wildman–Crippen LogP) is 2.42. The van der Waals surface area contributed by atoms with Crippen LogP contribution in [0.15, 0.2) is 6.07 Å². The fourth-order valence-electron chi connectivity index (χ4n) is 1.90. The van der Waals surface area contributed by atoms with Gasteiger partial charge in [-0.05, 0) is 18.6 Å². The first-order valence-corrected chi connectivity index (χ1v) is 6.25. The van der Waals surface area contributed by atoms with Gasteiger partial charge in [0.2, 0.25) is 5.91 Å². The van der Waals surface area contributed by atoms with Crippen LogP contribution in [-0.4, -0.2) is 35.5 Å². The highest BCUT2D eigenvalue weighted by Crippen LogP contribution is 2.31. The molecular formula is C12H12ClF3N2O2. The minimum Gasteiger partial charge on any atom is -0.370 e. The third-order valence-corrected chi connectivity index (χ3v) is 3.33. The van der Waals surface area contributed by atoms with Gasteiger partial charge in [0.25, 0.3) is 0 Å². The second-order valence-electron chi connectivity index (χ2n) is 4.46. The number of ether oxygens (including phenoxy) is 1. The number of carbonyl (C=O) groups excluding carboxylic acids is 1. The Hall–Kier alpha value is -1.34. The van der Waals surface area contributed by atoms with Crippen LogP contribution in [-0.2, 0) is 22.3 Å².